The third-order valence-corrected chi connectivity index (χ3v) is 4.45. The second kappa shape index (κ2) is 7.93. The van der Waals surface area contributed by atoms with Gasteiger partial charge < -0.3 is 15.6 Å². The van der Waals surface area contributed by atoms with Gasteiger partial charge in [0.2, 0.25) is 0 Å². The zero-order chi connectivity index (χ0) is 19.4. The fourth-order valence-electron chi connectivity index (χ4n) is 2.67. The minimum Gasteiger partial charge on any atom is -0.423 e. The van der Waals surface area contributed by atoms with Gasteiger partial charge in [-0.15, -0.1) is 0 Å². The van der Waals surface area contributed by atoms with Crippen LogP contribution in [0.2, 0.25) is 0 Å². The number of carbonyl (C=O) groups is 1. The van der Waals surface area contributed by atoms with E-state index in [1.807, 2.05) is 18.2 Å². The van der Waals surface area contributed by atoms with Crippen LogP contribution < -0.4 is 32.8 Å². The zero-order valence-corrected chi connectivity index (χ0v) is 15.7. The third kappa shape index (κ3) is 4.27. The summed E-state index contributed by atoms with van der Waals surface area (Å²) in [5, 5.41) is 9.82. The molecule has 0 aliphatic heterocycles. The zero-order valence-electron chi connectivity index (χ0n) is 14.1. The largest absolute Gasteiger partial charge is 0.423 e. The fourth-order valence-corrected chi connectivity index (χ4v) is 2.93. The van der Waals surface area contributed by atoms with Gasteiger partial charge >= 0.3 is 5.63 Å². The molecule has 7 nitrogen and oxygen atoms in total. The van der Waals surface area contributed by atoms with Crippen molar-refractivity contribution >= 4 is 45.4 Å². The number of hydrazine groups is 1. The normalized spacial score (nSPS) is 13.2. The summed E-state index contributed by atoms with van der Waals surface area (Å²) >= 11 is 3.33. The van der Waals surface area contributed by atoms with E-state index >= 15 is 0 Å². The molecule has 1 heterocycles. The summed E-state index contributed by atoms with van der Waals surface area (Å²) in [6.45, 7) is 0. The summed E-state index contributed by atoms with van der Waals surface area (Å²) < 4.78 is 6.04. The Kier molecular flexibility index (Phi) is 5.43. The van der Waals surface area contributed by atoms with Gasteiger partial charge in [0.1, 0.15) is 17.1 Å². The van der Waals surface area contributed by atoms with Crippen LogP contribution in [0.3, 0.4) is 0 Å². The van der Waals surface area contributed by atoms with Gasteiger partial charge in [-0.2, -0.15) is 5.26 Å². The predicted octanol–water partition coefficient (Wildman–Crippen LogP) is 0.895. The van der Waals surface area contributed by atoms with Crippen LogP contribution in [-0.4, -0.2) is 5.91 Å². The molecule has 27 heavy (non-hydrogen) atoms. The van der Waals surface area contributed by atoms with Crippen molar-refractivity contribution in [1.82, 2.24) is 10.9 Å². The van der Waals surface area contributed by atoms with Gasteiger partial charge in [-0.3, -0.25) is 10.2 Å². The van der Waals surface area contributed by atoms with E-state index in [9.17, 15) is 14.9 Å². The number of rotatable bonds is 4. The van der Waals surface area contributed by atoms with Crippen molar-refractivity contribution in [2.75, 3.05) is 5.73 Å². The van der Waals surface area contributed by atoms with Crippen LogP contribution in [0.5, 0.6) is 0 Å². The number of hydrogen-bond donors (Lipinski definition) is 3. The summed E-state index contributed by atoms with van der Waals surface area (Å²) in [4.78, 5) is 23.8. The van der Waals surface area contributed by atoms with Crippen LogP contribution in [0.4, 0.5) is 5.69 Å². The van der Waals surface area contributed by atoms with Gasteiger partial charge in [-0.1, -0.05) is 28.1 Å². The minimum absolute atomic E-state index is 0.0550. The molecule has 0 saturated carbocycles. The monoisotopic (exact) mass is 426 g/mol. The molecule has 1 aliphatic carbocycles. The second-order valence-corrected chi connectivity index (χ2v) is 6.70. The number of nitrogens with two attached hydrogens (primary N) is 1. The third-order valence-electron chi connectivity index (χ3n) is 3.92. The number of nitrogen functional groups attached to an aromatic ring is 1. The van der Waals surface area contributed by atoms with Crippen LogP contribution in [0, 0.1) is 11.3 Å². The molecule has 0 unspecified atom stereocenters. The molecule has 1 aromatic heterocycles. The molecule has 0 atom stereocenters. The molecule has 136 valence electrons. The average Bonchev–Trinajstić information content (AvgIpc) is 2.65. The van der Waals surface area contributed by atoms with E-state index in [2.05, 4.69) is 26.8 Å². The molecule has 1 amide bonds. The molecule has 0 spiro atoms. The van der Waals surface area contributed by atoms with Crippen molar-refractivity contribution in [2.24, 2.45) is 0 Å². The Morgan fingerprint density at radius 2 is 2.07 bits per heavy atom. The van der Waals surface area contributed by atoms with Gasteiger partial charge in [0.15, 0.2) is 0 Å². The maximum Gasteiger partial charge on any atom is 0.338 e. The molecule has 1 aromatic carbocycles. The Hall–Kier alpha value is -3.31. The molecule has 0 bridgehead atoms. The molecule has 2 aromatic rings. The smallest absolute Gasteiger partial charge is 0.338 e. The van der Waals surface area contributed by atoms with E-state index in [1.54, 1.807) is 18.2 Å². The Balaban J connectivity index is 1.84. The number of fused-ring (bicyclic) bond motifs is 1. The van der Waals surface area contributed by atoms with Gasteiger partial charge in [0, 0.05) is 16.2 Å². The molecule has 3 rings (SSSR count). The first-order valence-electron chi connectivity index (χ1n) is 8.04. The van der Waals surface area contributed by atoms with Crippen LogP contribution >= 0.6 is 15.9 Å². The van der Waals surface area contributed by atoms with Crippen molar-refractivity contribution < 1.29 is 9.21 Å². The van der Waals surface area contributed by atoms with Crippen molar-refractivity contribution in [3.63, 3.8) is 0 Å². The number of nitrogens with zero attached hydrogens (tertiary/aromatic N) is 1. The van der Waals surface area contributed by atoms with Crippen molar-refractivity contribution in [1.29, 1.82) is 5.26 Å². The highest BCUT2D eigenvalue weighted by molar-refractivity contribution is 9.10. The topological polar surface area (TPSA) is 121 Å². The summed E-state index contributed by atoms with van der Waals surface area (Å²) in [5.41, 5.74) is 12.6. The lowest BCUT2D eigenvalue weighted by Gasteiger charge is -2.14. The average molecular weight is 427 g/mol. The van der Waals surface area contributed by atoms with Gasteiger partial charge in [-0.25, -0.2) is 4.79 Å². The predicted molar refractivity (Wildman–Crippen MR) is 105 cm³/mol. The van der Waals surface area contributed by atoms with Crippen molar-refractivity contribution in [2.45, 2.75) is 12.8 Å². The number of anilines is 1. The maximum absolute atomic E-state index is 12.3. The highest BCUT2D eigenvalue weighted by Gasteiger charge is 2.13. The number of benzene rings is 1. The van der Waals surface area contributed by atoms with E-state index in [4.69, 9.17) is 10.2 Å². The fraction of sp³-hybridized carbons (Fsp3) is 0.105. The minimum atomic E-state index is -0.583. The number of halogens is 1. The molecule has 0 radical (unpaired) electrons. The lowest BCUT2D eigenvalue weighted by molar-refractivity contribution is -0.117. The van der Waals surface area contributed by atoms with Crippen molar-refractivity contribution in [3.8, 4) is 6.07 Å². The summed E-state index contributed by atoms with van der Waals surface area (Å²) in [5.74, 6) is -0.583. The van der Waals surface area contributed by atoms with Gasteiger partial charge in [0.25, 0.3) is 5.91 Å². The standard InChI is InChI=1S/C19H15BrN4O3/c20-13-6-4-11(5-7-13)8-12(10-21)19(26)24-23-15-2-1-3-16-18(15)14(22)9-17(25)27-16/h3-9,23H,1-2,22H2,(H,24,26). The quantitative estimate of drug-likeness (QED) is 0.379. The number of hydrogen-bond acceptors (Lipinski definition) is 6. The molecule has 8 heteroatoms. The Morgan fingerprint density at radius 3 is 2.78 bits per heavy atom. The molecule has 0 fully saturated rings. The summed E-state index contributed by atoms with van der Waals surface area (Å²) in [6, 6.07) is 10.3. The lowest BCUT2D eigenvalue weighted by Crippen LogP contribution is -2.44. The molecule has 4 N–H and O–H groups in total. The molecular formula is C19H15BrN4O3. The SMILES string of the molecule is N#CC(=Cc1ccc(Br)cc1)C(=O)NNC1=c2c(N)cc(=O)oc2=CCC1. The summed E-state index contributed by atoms with van der Waals surface area (Å²) in [6.07, 6.45) is 4.46. The maximum atomic E-state index is 12.3. The molecular weight excluding hydrogens is 412 g/mol. The van der Waals surface area contributed by atoms with Gasteiger partial charge in [0.05, 0.1) is 10.9 Å². The lowest BCUT2D eigenvalue weighted by atomic mass is 10.1. The Morgan fingerprint density at radius 1 is 1.33 bits per heavy atom. The van der Waals surface area contributed by atoms with Gasteiger partial charge in [-0.05, 0) is 42.7 Å². The second-order valence-electron chi connectivity index (χ2n) is 5.78. The first-order chi connectivity index (χ1) is 13.0. The highest BCUT2D eigenvalue weighted by Crippen LogP contribution is 2.13. The number of nitrogens with one attached hydrogen (secondary N) is 2. The van der Waals surface area contributed by atoms with Crippen LogP contribution in [0.25, 0.3) is 17.8 Å². The van der Waals surface area contributed by atoms with Crippen molar-refractivity contribution in [3.05, 3.63) is 67.0 Å². The number of amides is 1. The highest BCUT2D eigenvalue weighted by atomic mass is 79.9. The van der Waals surface area contributed by atoms with E-state index in [0.29, 0.717) is 29.2 Å². The van der Waals surface area contributed by atoms with E-state index in [1.165, 1.54) is 12.1 Å². The molecule has 1 aliphatic rings. The van der Waals surface area contributed by atoms with Crippen LogP contribution in [-0.2, 0) is 4.79 Å². The van der Waals surface area contributed by atoms with Crippen LogP contribution in [0.1, 0.15) is 18.4 Å². The Labute approximate surface area is 162 Å². The number of carbonyl (C=O) groups excluding carboxylic acids is 1. The van der Waals surface area contributed by atoms with E-state index in [0.717, 1.165) is 10.0 Å². The molecule has 0 saturated heterocycles. The van der Waals surface area contributed by atoms with Crippen LogP contribution in [0.15, 0.2) is 49.6 Å². The Bertz CT molecular complexity index is 1140. The first-order valence-corrected chi connectivity index (χ1v) is 8.84. The first kappa shape index (κ1) is 18.5. The summed E-state index contributed by atoms with van der Waals surface area (Å²) in [7, 11) is 0. The van der Waals surface area contributed by atoms with E-state index in [-0.39, 0.29) is 11.3 Å². The van der Waals surface area contributed by atoms with E-state index < -0.39 is 11.5 Å². The number of nitriles is 1.